The molecule has 0 aromatic heterocycles. The molecule has 1 saturated heterocycles. The summed E-state index contributed by atoms with van der Waals surface area (Å²) in [5.74, 6) is 0.427. The van der Waals surface area contributed by atoms with Crippen LogP contribution in [-0.2, 0) is 4.79 Å². The number of hydrogen-bond donors (Lipinski definition) is 1. The van der Waals surface area contributed by atoms with Crippen molar-refractivity contribution in [1.82, 2.24) is 0 Å². The van der Waals surface area contributed by atoms with Crippen LogP contribution in [0, 0.1) is 21.4 Å². The minimum Gasteiger partial charge on any atom is -0.481 e. The van der Waals surface area contributed by atoms with Crippen molar-refractivity contribution in [3.63, 3.8) is 0 Å². The molecule has 1 aromatic rings. The highest BCUT2D eigenvalue weighted by Gasteiger charge is 2.31. The minimum atomic E-state index is -0.938. The van der Waals surface area contributed by atoms with Crippen molar-refractivity contribution in [2.45, 2.75) is 12.5 Å². The summed E-state index contributed by atoms with van der Waals surface area (Å²) < 4.78 is 0. The van der Waals surface area contributed by atoms with Crippen molar-refractivity contribution in [2.24, 2.45) is 0 Å². The first kappa shape index (κ1) is 15.1. The summed E-state index contributed by atoms with van der Waals surface area (Å²) in [6.45, 7) is 0.526. The molecule has 8 heteroatoms. The van der Waals surface area contributed by atoms with Gasteiger partial charge in [-0.25, -0.2) is 0 Å². The minimum absolute atomic E-state index is 0.00944. The molecule has 0 saturated carbocycles. The zero-order valence-corrected chi connectivity index (χ0v) is 11.9. The number of nitro benzene ring substituents is 1. The molecule has 0 bridgehead atoms. The summed E-state index contributed by atoms with van der Waals surface area (Å²) >= 11 is 1.63. The molecule has 0 spiro atoms. The van der Waals surface area contributed by atoms with Crippen LogP contribution >= 0.6 is 11.8 Å². The van der Waals surface area contributed by atoms with E-state index in [0.29, 0.717) is 18.0 Å². The highest BCUT2D eigenvalue weighted by Crippen LogP contribution is 2.35. The Labute approximate surface area is 125 Å². The Bertz CT molecular complexity index is 614. The maximum atomic E-state index is 11.3. The van der Waals surface area contributed by atoms with Crippen LogP contribution < -0.4 is 4.90 Å². The molecule has 1 atom stereocenters. The Morgan fingerprint density at radius 3 is 3.00 bits per heavy atom. The number of nitro groups is 1. The van der Waals surface area contributed by atoms with E-state index in [2.05, 4.69) is 0 Å². The van der Waals surface area contributed by atoms with Crippen LogP contribution in [0.2, 0.25) is 0 Å². The SMILES string of the molecule is N#Cc1cccc(N2CCSCC2CC(=O)O)c1[N+](=O)[O-]. The van der Waals surface area contributed by atoms with E-state index in [-0.39, 0.29) is 23.7 Å². The fraction of sp³-hybridized carbons (Fsp3) is 0.385. The molecule has 1 aromatic carbocycles. The molecule has 21 heavy (non-hydrogen) atoms. The van der Waals surface area contributed by atoms with E-state index in [9.17, 15) is 14.9 Å². The molecule has 1 unspecified atom stereocenters. The Kier molecular flexibility index (Phi) is 4.65. The van der Waals surface area contributed by atoms with Crippen molar-refractivity contribution in [2.75, 3.05) is 23.0 Å². The molecule has 0 aliphatic carbocycles. The predicted octanol–water partition coefficient (Wildman–Crippen LogP) is 1.86. The molecule has 1 aliphatic rings. The average molecular weight is 307 g/mol. The number of aliphatic carboxylic acids is 1. The van der Waals surface area contributed by atoms with E-state index in [1.54, 1.807) is 28.8 Å². The van der Waals surface area contributed by atoms with E-state index in [4.69, 9.17) is 10.4 Å². The van der Waals surface area contributed by atoms with E-state index >= 15 is 0 Å². The smallest absolute Gasteiger partial charge is 0.310 e. The van der Waals surface area contributed by atoms with Crippen LogP contribution in [0.15, 0.2) is 18.2 Å². The summed E-state index contributed by atoms with van der Waals surface area (Å²) in [6.07, 6.45) is -0.0824. The first-order valence-corrected chi connectivity index (χ1v) is 7.43. The number of nitriles is 1. The molecule has 1 aliphatic heterocycles. The van der Waals surface area contributed by atoms with Gasteiger partial charge in [0, 0.05) is 24.1 Å². The second-order valence-corrected chi connectivity index (χ2v) is 5.71. The molecule has 1 heterocycles. The lowest BCUT2D eigenvalue weighted by atomic mass is 10.1. The second kappa shape index (κ2) is 6.45. The number of benzene rings is 1. The number of hydrogen-bond acceptors (Lipinski definition) is 6. The Morgan fingerprint density at radius 2 is 2.38 bits per heavy atom. The summed E-state index contributed by atoms with van der Waals surface area (Å²) in [5, 5.41) is 29.3. The van der Waals surface area contributed by atoms with E-state index in [1.165, 1.54) is 6.07 Å². The van der Waals surface area contributed by atoms with Gasteiger partial charge in [0.15, 0.2) is 0 Å². The summed E-state index contributed by atoms with van der Waals surface area (Å²) in [6, 6.07) is 6.06. The van der Waals surface area contributed by atoms with Crippen molar-refractivity contribution in [3.8, 4) is 6.07 Å². The molecule has 0 radical (unpaired) electrons. The number of carbonyl (C=O) groups is 1. The maximum Gasteiger partial charge on any atom is 0.310 e. The molecule has 0 amide bonds. The van der Waals surface area contributed by atoms with Crippen molar-refractivity contribution in [3.05, 3.63) is 33.9 Å². The monoisotopic (exact) mass is 307 g/mol. The largest absolute Gasteiger partial charge is 0.481 e. The van der Waals surface area contributed by atoms with Crippen LogP contribution in [0.4, 0.5) is 11.4 Å². The number of para-hydroxylation sites is 1. The average Bonchev–Trinajstić information content (AvgIpc) is 2.46. The number of carboxylic acid groups (broad SMARTS) is 1. The third-order valence-electron chi connectivity index (χ3n) is 3.26. The van der Waals surface area contributed by atoms with Gasteiger partial charge in [-0.15, -0.1) is 0 Å². The van der Waals surface area contributed by atoms with Gasteiger partial charge >= 0.3 is 11.7 Å². The topological polar surface area (TPSA) is 107 Å². The first-order valence-electron chi connectivity index (χ1n) is 6.28. The van der Waals surface area contributed by atoms with Gasteiger partial charge in [-0.2, -0.15) is 17.0 Å². The normalized spacial score (nSPS) is 18.0. The number of anilines is 1. The Hall–Kier alpha value is -2.27. The molecule has 1 fully saturated rings. The van der Waals surface area contributed by atoms with Gasteiger partial charge in [0.05, 0.1) is 11.3 Å². The van der Waals surface area contributed by atoms with Crippen molar-refractivity contribution < 1.29 is 14.8 Å². The number of rotatable bonds is 4. The van der Waals surface area contributed by atoms with Crippen LogP contribution in [0.5, 0.6) is 0 Å². The van der Waals surface area contributed by atoms with Crippen LogP contribution in [0.1, 0.15) is 12.0 Å². The lowest BCUT2D eigenvalue weighted by Crippen LogP contribution is -2.44. The molecule has 2 rings (SSSR count). The van der Waals surface area contributed by atoms with E-state index in [1.807, 2.05) is 6.07 Å². The number of carboxylic acids is 1. The third-order valence-corrected chi connectivity index (χ3v) is 4.36. The maximum absolute atomic E-state index is 11.3. The lowest BCUT2D eigenvalue weighted by molar-refractivity contribution is -0.384. The van der Waals surface area contributed by atoms with Gasteiger partial charge in [-0.3, -0.25) is 14.9 Å². The molecular formula is C13H13N3O4S. The van der Waals surface area contributed by atoms with Gasteiger partial charge in [0.25, 0.3) is 0 Å². The van der Waals surface area contributed by atoms with E-state index in [0.717, 1.165) is 5.75 Å². The molecule has 110 valence electrons. The van der Waals surface area contributed by atoms with E-state index < -0.39 is 10.9 Å². The fourth-order valence-corrected chi connectivity index (χ4v) is 3.45. The number of thioether (sulfide) groups is 1. The lowest BCUT2D eigenvalue weighted by Gasteiger charge is -2.36. The Balaban J connectivity index is 2.46. The van der Waals surface area contributed by atoms with Gasteiger partial charge in [0.1, 0.15) is 17.3 Å². The Morgan fingerprint density at radius 1 is 1.62 bits per heavy atom. The summed E-state index contributed by atoms with van der Waals surface area (Å²) in [5.41, 5.74) is 0.0673. The molecular weight excluding hydrogens is 294 g/mol. The zero-order valence-electron chi connectivity index (χ0n) is 11.1. The highest BCUT2D eigenvalue weighted by molar-refractivity contribution is 7.99. The highest BCUT2D eigenvalue weighted by atomic mass is 32.2. The van der Waals surface area contributed by atoms with Gasteiger partial charge < -0.3 is 10.0 Å². The van der Waals surface area contributed by atoms with Gasteiger partial charge in [-0.05, 0) is 12.1 Å². The second-order valence-electron chi connectivity index (χ2n) is 4.56. The summed E-state index contributed by atoms with van der Waals surface area (Å²) in [7, 11) is 0. The van der Waals surface area contributed by atoms with Crippen LogP contribution in [-0.4, -0.2) is 40.1 Å². The quantitative estimate of drug-likeness (QED) is 0.668. The molecule has 7 nitrogen and oxygen atoms in total. The zero-order chi connectivity index (χ0) is 15.4. The fourth-order valence-electron chi connectivity index (χ4n) is 2.39. The first-order chi connectivity index (χ1) is 10.0. The van der Waals surface area contributed by atoms with Crippen LogP contribution in [0.3, 0.4) is 0 Å². The van der Waals surface area contributed by atoms with Gasteiger partial charge in [0.2, 0.25) is 0 Å². The standard InChI is InChI=1S/C13H13N3O4S/c14-7-9-2-1-3-11(13(9)16(19)20)15-4-5-21-8-10(15)6-12(17)18/h1-3,10H,4-6,8H2,(H,17,18). The predicted molar refractivity (Wildman–Crippen MR) is 78.5 cm³/mol. The third kappa shape index (κ3) is 3.25. The van der Waals surface area contributed by atoms with Crippen molar-refractivity contribution >= 4 is 29.1 Å². The van der Waals surface area contributed by atoms with Crippen molar-refractivity contribution in [1.29, 1.82) is 5.26 Å². The van der Waals surface area contributed by atoms with Gasteiger partial charge in [-0.1, -0.05) is 6.07 Å². The summed E-state index contributed by atoms with van der Waals surface area (Å²) in [4.78, 5) is 23.4. The number of nitrogens with zero attached hydrogens (tertiary/aromatic N) is 3. The van der Waals surface area contributed by atoms with Crippen LogP contribution in [0.25, 0.3) is 0 Å². The molecule has 1 N–H and O–H groups in total.